The Morgan fingerprint density at radius 3 is 2.95 bits per heavy atom. The molecule has 1 aliphatic heterocycles. The number of hydrogen-bond donors (Lipinski definition) is 1. The first-order chi connectivity index (χ1) is 9.58. The molecule has 1 heterocycles. The van der Waals surface area contributed by atoms with E-state index in [9.17, 15) is 4.79 Å². The molecule has 2 N–H and O–H groups in total. The molecule has 0 spiro atoms. The van der Waals surface area contributed by atoms with E-state index in [1.54, 1.807) is 25.3 Å². The summed E-state index contributed by atoms with van der Waals surface area (Å²) in [7, 11) is 1.55. The van der Waals surface area contributed by atoms with Gasteiger partial charge in [-0.05, 0) is 25.5 Å². The summed E-state index contributed by atoms with van der Waals surface area (Å²) in [5.74, 6) is 0.480. The number of amides is 1. The average Bonchev–Trinajstić information content (AvgIpc) is 2.46. The number of nitrogens with zero attached hydrogens (tertiary/aromatic N) is 1. The van der Waals surface area contributed by atoms with Crippen molar-refractivity contribution in [3.05, 3.63) is 23.8 Å². The summed E-state index contributed by atoms with van der Waals surface area (Å²) in [6.45, 7) is 5.20. The van der Waals surface area contributed by atoms with Crippen LogP contribution in [0.4, 0.5) is 5.69 Å². The van der Waals surface area contributed by atoms with Crippen LogP contribution in [0.3, 0.4) is 0 Å². The summed E-state index contributed by atoms with van der Waals surface area (Å²) in [4.78, 5) is 14.6. The molecule has 110 valence electrons. The molecule has 5 heteroatoms. The second-order valence-electron chi connectivity index (χ2n) is 5.09. The Kier molecular flexibility index (Phi) is 4.49. The summed E-state index contributed by atoms with van der Waals surface area (Å²) >= 11 is 0. The number of methoxy groups -OCH3 is 1. The predicted octanol–water partition coefficient (Wildman–Crippen LogP) is 1.92. The zero-order chi connectivity index (χ0) is 14.7. The molecule has 1 aromatic carbocycles. The summed E-state index contributed by atoms with van der Waals surface area (Å²) in [6, 6.07) is 5.38. The Balaban J connectivity index is 2.29. The van der Waals surface area contributed by atoms with Gasteiger partial charge in [0.15, 0.2) is 0 Å². The van der Waals surface area contributed by atoms with Gasteiger partial charge in [0.1, 0.15) is 5.75 Å². The topological polar surface area (TPSA) is 64.8 Å². The van der Waals surface area contributed by atoms with E-state index in [2.05, 4.69) is 6.92 Å². The van der Waals surface area contributed by atoms with E-state index >= 15 is 0 Å². The van der Waals surface area contributed by atoms with E-state index in [0.29, 0.717) is 30.2 Å². The van der Waals surface area contributed by atoms with Crippen LogP contribution in [0.5, 0.6) is 5.75 Å². The first-order valence-corrected chi connectivity index (χ1v) is 6.93. The van der Waals surface area contributed by atoms with Crippen molar-refractivity contribution < 1.29 is 14.3 Å². The maximum Gasteiger partial charge on any atom is 0.256 e. The van der Waals surface area contributed by atoms with Crippen molar-refractivity contribution in [3.63, 3.8) is 0 Å². The lowest BCUT2D eigenvalue weighted by atomic mass is 10.1. The van der Waals surface area contributed by atoms with Gasteiger partial charge in [-0.3, -0.25) is 4.79 Å². The lowest BCUT2D eigenvalue weighted by Crippen LogP contribution is -2.51. The maximum atomic E-state index is 12.7. The second-order valence-corrected chi connectivity index (χ2v) is 5.09. The van der Waals surface area contributed by atoms with Crippen molar-refractivity contribution in [2.24, 2.45) is 0 Å². The molecule has 1 fully saturated rings. The molecule has 2 atom stereocenters. The Labute approximate surface area is 119 Å². The van der Waals surface area contributed by atoms with E-state index in [0.717, 1.165) is 6.42 Å². The number of morpholine rings is 1. The van der Waals surface area contributed by atoms with E-state index in [4.69, 9.17) is 15.2 Å². The Morgan fingerprint density at radius 2 is 2.30 bits per heavy atom. The Bertz CT molecular complexity index is 490. The summed E-state index contributed by atoms with van der Waals surface area (Å²) < 4.78 is 10.8. The van der Waals surface area contributed by atoms with Crippen molar-refractivity contribution in [1.82, 2.24) is 4.90 Å². The lowest BCUT2D eigenvalue weighted by Gasteiger charge is -2.38. The molecular formula is C15H22N2O3. The van der Waals surface area contributed by atoms with Crippen molar-refractivity contribution in [2.45, 2.75) is 32.4 Å². The Morgan fingerprint density at radius 1 is 1.55 bits per heavy atom. The Hall–Kier alpha value is -1.75. The third kappa shape index (κ3) is 2.72. The fraction of sp³-hybridized carbons (Fsp3) is 0.533. The van der Waals surface area contributed by atoms with Crippen LogP contribution < -0.4 is 10.5 Å². The number of hydrogen-bond acceptors (Lipinski definition) is 4. The number of carbonyl (C=O) groups is 1. The van der Waals surface area contributed by atoms with Crippen molar-refractivity contribution in [2.75, 3.05) is 26.0 Å². The first kappa shape index (κ1) is 14.7. The first-order valence-electron chi connectivity index (χ1n) is 6.93. The van der Waals surface area contributed by atoms with Crippen molar-refractivity contribution >= 4 is 11.6 Å². The second kappa shape index (κ2) is 6.13. The van der Waals surface area contributed by atoms with Gasteiger partial charge in [0, 0.05) is 6.54 Å². The number of nitrogen functional groups attached to an aromatic ring is 1. The average molecular weight is 278 g/mol. The monoisotopic (exact) mass is 278 g/mol. The van der Waals surface area contributed by atoms with Crippen molar-refractivity contribution in [1.29, 1.82) is 0 Å². The van der Waals surface area contributed by atoms with Gasteiger partial charge in [0.2, 0.25) is 0 Å². The largest absolute Gasteiger partial charge is 0.495 e. The number of nitrogens with two attached hydrogens (primary N) is 1. The highest BCUT2D eigenvalue weighted by Gasteiger charge is 2.31. The van der Waals surface area contributed by atoms with Gasteiger partial charge in [-0.1, -0.05) is 13.0 Å². The smallest absolute Gasteiger partial charge is 0.256 e. The SMILES string of the molecule is CCC1COC(C)CN1C(=O)c1cccc(OC)c1N. The highest BCUT2D eigenvalue weighted by molar-refractivity contribution is 6.00. The van der Waals surface area contributed by atoms with Crippen LogP contribution in [-0.4, -0.2) is 43.2 Å². The molecule has 20 heavy (non-hydrogen) atoms. The minimum atomic E-state index is -0.0524. The standard InChI is InChI=1S/C15H22N2O3/c1-4-11-9-20-10(2)8-17(11)15(18)12-6-5-7-13(19-3)14(12)16/h5-7,10-11H,4,8-9,16H2,1-3H3. The van der Waals surface area contributed by atoms with Crippen LogP contribution in [0.1, 0.15) is 30.6 Å². The van der Waals surface area contributed by atoms with Crippen molar-refractivity contribution in [3.8, 4) is 5.75 Å². The fourth-order valence-electron chi connectivity index (χ4n) is 2.49. The molecule has 0 bridgehead atoms. The zero-order valence-electron chi connectivity index (χ0n) is 12.3. The molecule has 1 amide bonds. The molecule has 1 aliphatic rings. The molecule has 1 aromatic rings. The number of rotatable bonds is 3. The van der Waals surface area contributed by atoms with Crippen LogP contribution in [0.15, 0.2) is 18.2 Å². The highest BCUT2D eigenvalue weighted by atomic mass is 16.5. The number of para-hydroxylation sites is 1. The van der Waals surface area contributed by atoms with Crippen LogP contribution in [0, 0.1) is 0 Å². The molecule has 0 aliphatic carbocycles. The normalized spacial score (nSPS) is 22.6. The third-order valence-electron chi connectivity index (χ3n) is 3.72. The number of ether oxygens (including phenoxy) is 2. The van der Waals surface area contributed by atoms with Gasteiger partial charge >= 0.3 is 0 Å². The fourth-order valence-corrected chi connectivity index (χ4v) is 2.49. The van der Waals surface area contributed by atoms with E-state index in [1.807, 2.05) is 11.8 Å². The maximum absolute atomic E-state index is 12.7. The van der Waals surface area contributed by atoms with E-state index < -0.39 is 0 Å². The molecule has 1 saturated heterocycles. The van der Waals surface area contributed by atoms with Gasteiger partial charge in [-0.25, -0.2) is 0 Å². The van der Waals surface area contributed by atoms with Gasteiger partial charge < -0.3 is 20.1 Å². The van der Waals surface area contributed by atoms with E-state index in [1.165, 1.54) is 0 Å². The quantitative estimate of drug-likeness (QED) is 0.858. The summed E-state index contributed by atoms with van der Waals surface area (Å²) in [6.07, 6.45) is 0.913. The van der Waals surface area contributed by atoms with Gasteiger partial charge in [0.05, 0.1) is 37.1 Å². The van der Waals surface area contributed by atoms with Gasteiger partial charge in [-0.2, -0.15) is 0 Å². The number of anilines is 1. The molecule has 0 aromatic heterocycles. The minimum absolute atomic E-state index is 0.0496. The predicted molar refractivity (Wildman–Crippen MR) is 77.9 cm³/mol. The molecule has 5 nitrogen and oxygen atoms in total. The molecule has 0 saturated carbocycles. The molecule has 2 rings (SSSR count). The minimum Gasteiger partial charge on any atom is -0.495 e. The van der Waals surface area contributed by atoms with Crippen LogP contribution >= 0.6 is 0 Å². The lowest BCUT2D eigenvalue weighted by molar-refractivity contribution is -0.0443. The molecular weight excluding hydrogens is 256 g/mol. The third-order valence-corrected chi connectivity index (χ3v) is 3.72. The van der Waals surface area contributed by atoms with E-state index in [-0.39, 0.29) is 18.1 Å². The molecule has 0 radical (unpaired) electrons. The summed E-state index contributed by atoms with van der Waals surface area (Å²) in [5, 5.41) is 0. The number of benzene rings is 1. The van der Waals surface area contributed by atoms with Crippen LogP contribution in [0.2, 0.25) is 0 Å². The highest BCUT2D eigenvalue weighted by Crippen LogP contribution is 2.27. The summed E-state index contributed by atoms with van der Waals surface area (Å²) in [5.41, 5.74) is 6.91. The van der Waals surface area contributed by atoms with Crippen LogP contribution in [-0.2, 0) is 4.74 Å². The van der Waals surface area contributed by atoms with Gasteiger partial charge in [0.25, 0.3) is 5.91 Å². The zero-order valence-corrected chi connectivity index (χ0v) is 12.3. The van der Waals surface area contributed by atoms with Crippen LogP contribution in [0.25, 0.3) is 0 Å². The van der Waals surface area contributed by atoms with Gasteiger partial charge in [-0.15, -0.1) is 0 Å². The number of carbonyl (C=O) groups excluding carboxylic acids is 1. The molecule has 2 unspecified atom stereocenters.